The maximum atomic E-state index is 11.1. The van der Waals surface area contributed by atoms with Gasteiger partial charge in [0.05, 0.1) is 16.1 Å². The number of nitriles is 1. The number of carboxylic acid groups (broad SMARTS) is 1. The number of carboxylic acids is 1. The Hall–Kier alpha value is -1.96. The van der Waals surface area contributed by atoms with E-state index in [4.69, 9.17) is 22.0 Å². The number of halogens is 1. The zero-order valence-electron chi connectivity index (χ0n) is 10.6. The molecule has 0 unspecified atom stereocenters. The van der Waals surface area contributed by atoms with E-state index in [1.54, 1.807) is 37.3 Å². The monoisotopic (exact) mass is 303 g/mol. The van der Waals surface area contributed by atoms with Crippen LogP contribution in [-0.4, -0.2) is 11.1 Å². The molecule has 0 saturated heterocycles. The molecule has 0 spiro atoms. The van der Waals surface area contributed by atoms with Crippen LogP contribution in [0.1, 0.15) is 21.5 Å². The van der Waals surface area contributed by atoms with Crippen molar-refractivity contribution in [1.29, 1.82) is 5.26 Å². The molecule has 0 aliphatic carbocycles. The highest BCUT2D eigenvalue weighted by molar-refractivity contribution is 7.99. The first-order valence-electron chi connectivity index (χ1n) is 5.72. The van der Waals surface area contributed by atoms with E-state index >= 15 is 0 Å². The molecule has 0 aliphatic heterocycles. The van der Waals surface area contributed by atoms with Crippen molar-refractivity contribution in [2.45, 2.75) is 16.7 Å². The summed E-state index contributed by atoms with van der Waals surface area (Å²) >= 11 is 7.38. The summed E-state index contributed by atoms with van der Waals surface area (Å²) < 4.78 is 0. The van der Waals surface area contributed by atoms with Crippen molar-refractivity contribution in [3.63, 3.8) is 0 Å². The van der Waals surface area contributed by atoms with Crippen LogP contribution in [0.15, 0.2) is 46.2 Å². The third kappa shape index (κ3) is 3.13. The van der Waals surface area contributed by atoms with Crippen LogP contribution in [0, 0.1) is 18.3 Å². The Morgan fingerprint density at radius 3 is 2.50 bits per heavy atom. The fourth-order valence-corrected chi connectivity index (χ4v) is 2.87. The molecule has 2 aromatic carbocycles. The lowest BCUT2D eigenvalue weighted by molar-refractivity contribution is 0.0696. The molecular formula is C15H10ClNO2S. The number of hydrogen-bond donors (Lipinski definition) is 1. The standard InChI is InChI=1S/C15H10ClNO2S/c1-9-2-4-11(6-13(9)15(18)19)20-12-5-3-10(8-17)14(16)7-12/h2-7H,1H3,(H,18,19). The van der Waals surface area contributed by atoms with Gasteiger partial charge in [-0.25, -0.2) is 4.79 Å². The van der Waals surface area contributed by atoms with E-state index in [1.807, 2.05) is 12.1 Å². The zero-order valence-corrected chi connectivity index (χ0v) is 12.1. The Morgan fingerprint density at radius 1 is 1.25 bits per heavy atom. The Kier molecular flexibility index (Phi) is 4.33. The highest BCUT2D eigenvalue weighted by Crippen LogP contribution is 2.31. The Bertz CT molecular complexity index is 722. The van der Waals surface area contributed by atoms with Gasteiger partial charge in [-0.1, -0.05) is 29.4 Å². The van der Waals surface area contributed by atoms with Gasteiger partial charge in [-0.05, 0) is 42.8 Å². The first kappa shape index (κ1) is 14.4. The van der Waals surface area contributed by atoms with Gasteiger partial charge >= 0.3 is 5.97 Å². The number of aromatic carboxylic acids is 1. The summed E-state index contributed by atoms with van der Waals surface area (Å²) in [5.41, 5.74) is 1.43. The second-order valence-corrected chi connectivity index (χ2v) is 5.69. The predicted molar refractivity (Wildman–Crippen MR) is 78.4 cm³/mol. The molecule has 3 nitrogen and oxygen atoms in total. The number of aryl methyl sites for hydroxylation is 1. The fraction of sp³-hybridized carbons (Fsp3) is 0.0667. The number of carbonyl (C=O) groups is 1. The molecule has 0 amide bonds. The lowest BCUT2D eigenvalue weighted by Gasteiger charge is -2.06. The van der Waals surface area contributed by atoms with Gasteiger partial charge in [-0.2, -0.15) is 5.26 Å². The summed E-state index contributed by atoms with van der Waals surface area (Å²) in [6.45, 7) is 1.76. The van der Waals surface area contributed by atoms with E-state index in [1.165, 1.54) is 11.8 Å². The van der Waals surface area contributed by atoms with Gasteiger partial charge in [0.25, 0.3) is 0 Å². The third-order valence-corrected chi connectivity index (χ3v) is 4.03. The van der Waals surface area contributed by atoms with E-state index < -0.39 is 5.97 Å². The molecule has 0 saturated carbocycles. The zero-order chi connectivity index (χ0) is 14.7. The van der Waals surface area contributed by atoms with Crippen LogP contribution in [0.25, 0.3) is 0 Å². The summed E-state index contributed by atoms with van der Waals surface area (Å²) in [5.74, 6) is -0.942. The molecule has 5 heteroatoms. The second-order valence-electron chi connectivity index (χ2n) is 4.14. The average molecular weight is 304 g/mol. The van der Waals surface area contributed by atoms with Gasteiger partial charge in [0, 0.05) is 9.79 Å². The van der Waals surface area contributed by atoms with Gasteiger partial charge in [0.15, 0.2) is 0 Å². The Morgan fingerprint density at radius 2 is 1.90 bits per heavy atom. The Labute approximate surface area is 125 Å². The van der Waals surface area contributed by atoms with E-state index in [2.05, 4.69) is 0 Å². The van der Waals surface area contributed by atoms with Crippen molar-refractivity contribution in [2.24, 2.45) is 0 Å². The summed E-state index contributed by atoms with van der Waals surface area (Å²) in [4.78, 5) is 12.8. The summed E-state index contributed by atoms with van der Waals surface area (Å²) in [6.07, 6.45) is 0. The minimum Gasteiger partial charge on any atom is -0.478 e. The predicted octanol–water partition coefficient (Wildman–Crippen LogP) is 4.37. The smallest absolute Gasteiger partial charge is 0.335 e. The maximum Gasteiger partial charge on any atom is 0.335 e. The van der Waals surface area contributed by atoms with Crippen LogP contribution in [0.2, 0.25) is 5.02 Å². The van der Waals surface area contributed by atoms with Gasteiger partial charge in [0.2, 0.25) is 0 Å². The van der Waals surface area contributed by atoms with Gasteiger partial charge in [-0.15, -0.1) is 0 Å². The lowest BCUT2D eigenvalue weighted by Crippen LogP contribution is -1.99. The molecule has 100 valence electrons. The Balaban J connectivity index is 2.31. The van der Waals surface area contributed by atoms with Crippen molar-refractivity contribution >= 4 is 29.3 Å². The van der Waals surface area contributed by atoms with Crippen molar-refractivity contribution in [2.75, 3.05) is 0 Å². The van der Waals surface area contributed by atoms with Crippen LogP contribution in [0.3, 0.4) is 0 Å². The molecule has 1 N–H and O–H groups in total. The van der Waals surface area contributed by atoms with Gasteiger partial charge < -0.3 is 5.11 Å². The first-order chi connectivity index (χ1) is 9.51. The van der Waals surface area contributed by atoms with E-state index in [0.717, 1.165) is 15.4 Å². The maximum absolute atomic E-state index is 11.1. The second kappa shape index (κ2) is 6.00. The normalized spacial score (nSPS) is 10.1. The first-order valence-corrected chi connectivity index (χ1v) is 6.92. The van der Waals surface area contributed by atoms with E-state index in [0.29, 0.717) is 10.6 Å². The van der Waals surface area contributed by atoms with Crippen molar-refractivity contribution in [1.82, 2.24) is 0 Å². The third-order valence-electron chi connectivity index (χ3n) is 2.74. The molecule has 0 aromatic heterocycles. The summed E-state index contributed by atoms with van der Waals surface area (Å²) in [7, 11) is 0. The molecule has 2 aromatic rings. The van der Waals surface area contributed by atoms with Gasteiger partial charge in [0.1, 0.15) is 6.07 Å². The lowest BCUT2D eigenvalue weighted by atomic mass is 10.1. The number of nitrogens with zero attached hydrogens (tertiary/aromatic N) is 1. The van der Waals surface area contributed by atoms with Crippen molar-refractivity contribution in [3.8, 4) is 6.07 Å². The van der Waals surface area contributed by atoms with E-state index in [9.17, 15) is 4.79 Å². The topological polar surface area (TPSA) is 61.1 Å². The molecule has 0 radical (unpaired) electrons. The number of rotatable bonds is 3. The number of hydrogen-bond acceptors (Lipinski definition) is 3. The number of benzene rings is 2. The molecule has 0 heterocycles. The SMILES string of the molecule is Cc1ccc(Sc2ccc(C#N)c(Cl)c2)cc1C(=O)O. The van der Waals surface area contributed by atoms with Crippen LogP contribution in [0.4, 0.5) is 0 Å². The minimum atomic E-state index is -0.942. The highest BCUT2D eigenvalue weighted by atomic mass is 35.5. The van der Waals surface area contributed by atoms with E-state index in [-0.39, 0.29) is 5.56 Å². The average Bonchev–Trinajstić information content (AvgIpc) is 2.41. The molecule has 20 heavy (non-hydrogen) atoms. The molecule has 0 bridgehead atoms. The molecule has 0 atom stereocenters. The molecule has 0 aliphatic rings. The van der Waals surface area contributed by atoms with Crippen LogP contribution < -0.4 is 0 Å². The molecule has 2 rings (SSSR count). The van der Waals surface area contributed by atoms with Crippen LogP contribution in [0.5, 0.6) is 0 Å². The highest BCUT2D eigenvalue weighted by Gasteiger charge is 2.09. The largest absolute Gasteiger partial charge is 0.478 e. The van der Waals surface area contributed by atoms with Crippen molar-refractivity contribution in [3.05, 3.63) is 58.1 Å². The summed E-state index contributed by atoms with van der Waals surface area (Å²) in [6, 6.07) is 12.4. The quantitative estimate of drug-likeness (QED) is 0.914. The minimum absolute atomic E-state index is 0.287. The molecule has 0 fully saturated rings. The molecular weight excluding hydrogens is 294 g/mol. The summed E-state index contributed by atoms with van der Waals surface area (Å²) in [5, 5.41) is 18.3. The van der Waals surface area contributed by atoms with Crippen LogP contribution in [-0.2, 0) is 0 Å². The van der Waals surface area contributed by atoms with Crippen molar-refractivity contribution < 1.29 is 9.90 Å². The fourth-order valence-electron chi connectivity index (χ4n) is 1.68. The van der Waals surface area contributed by atoms with Gasteiger partial charge in [-0.3, -0.25) is 0 Å². The van der Waals surface area contributed by atoms with Crippen LogP contribution >= 0.6 is 23.4 Å².